The molecule has 2 aromatic carbocycles. The number of anilines is 2. The maximum atomic E-state index is 5.76. The molecule has 2 aromatic rings. The van der Waals surface area contributed by atoms with Gasteiger partial charge in [0.2, 0.25) is 0 Å². The van der Waals surface area contributed by atoms with Gasteiger partial charge in [0.05, 0.1) is 0 Å². The smallest absolute Gasteiger partial charge is 0.0444 e. The average molecular weight is 333 g/mol. The second kappa shape index (κ2) is 6.91. The Kier molecular flexibility index (Phi) is 5.21. The first kappa shape index (κ1) is 15.1. The highest BCUT2D eigenvalue weighted by atomic mass is 79.9. The Bertz CT molecular complexity index is 581. The van der Waals surface area contributed by atoms with E-state index in [9.17, 15) is 0 Å². The van der Waals surface area contributed by atoms with Crippen molar-refractivity contribution in [3.63, 3.8) is 0 Å². The minimum absolute atomic E-state index is 0.661. The number of hydrogen-bond acceptors (Lipinski definition) is 2. The molecular weight excluding hydrogens is 312 g/mol. The molecule has 20 heavy (non-hydrogen) atoms. The van der Waals surface area contributed by atoms with Crippen molar-refractivity contribution in [1.82, 2.24) is 0 Å². The lowest BCUT2D eigenvalue weighted by atomic mass is 10.1. The summed E-state index contributed by atoms with van der Waals surface area (Å²) in [5.74, 6) is 0. The van der Waals surface area contributed by atoms with Crippen LogP contribution in [-0.4, -0.2) is 13.1 Å². The van der Waals surface area contributed by atoms with Crippen LogP contribution in [0.1, 0.15) is 18.1 Å². The Morgan fingerprint density at radius 2 is 1.85 bits per heavy atom. The van der Waals surface area contributed by atoms with E-state index in [2.05, 4.69) is 77.1 Å². The summed E-state index contributed by atoms with van der Waals surface area (Å²) >= 11 is 3.55. The van der Waals surface area contributed by atoms with Gasteiger partial charge in [-0.25, -0.2) is 0 Å². The highest BCUT2D eigenvalue weighted by molar-refractivity contribution is 9.10. The van der Waals surface area contributed by atoms with Crippen molar-refractivity contribution in [2.75, 3.05) is 18.0 Å². The molecule has 0 aliphatic carbocycles. The summed E-state index contributed by atoms with van der Waals surface area (Å²) in [6.45, 7) is 5.93. The van der Waals surface area contributed by atoms with Gasteiger partial charge in [-0.1, -0.05) is 34.1 Å². The Morgan fingerprint density at radius 3 is 2.50 bits per heavy atom. The van der Waals surface area contributed by atoms with Crippen molar-refractivity contribution in [3.05, 3.63) is 58.1 Å². The lowest BCUT2D eigenvalue weighted by Gasteiger charge is -2.27. The fraction of sp³-hybridized carbons (Fsp3) is 0.294. The fourth-order valence-electron chi connectivity index (χ4n) is 2.51. The first-order chi connectivity index (χ1) is 9.67. The predicted octanol–water partition coefficient (Wildman–Crippen LogP) is 4.42. The normalized spacial score (nSPS) is 10.6. The molecule has 0 amide bonds. The molecule has 2 N–H and O–H groups in total. The molecule has 0 atom stereocenters. The maximum Gasteiger partial charge on any atom is 0.0444 e. The van der Waals surface area contributed by atoms with Gasteiger partial charge in [-0.05, 0) is 62.2 Å². The van der Waals surface area contributed by atoms with Crippen LogP contribution < -0.4 is 10.6 Å². The maximum absolute atomic E-state index is 5.76. The highest BCUT2D eigenvalue weighted by Crippen LogP contribution is 2.32. The Hall–Kier alpha value is -1.32. The van der Waals surface area contributed by atoms with E-state index in [4.69, 9.17) is 5.73 Å². The minimum atomic E-state index is 0.661. The van der Waals surface area contributed by atoms with E-state index in [0.29, 0.717) is 6.54 Å². The molecule has 0 bridgehead atoms. The van der Waals surface area contributed by atoms with Crippen LogP contribution in [0.15, 0.2) is 46.9 Å². The number of halogens is 1. The molecule has 0 fully saturated rings. The van der Waals surface area contributed by atoms with E-state index in [1.54, 1.807) is 0 Å². The topological polar surface area (TPSA) is 29.3 Å². The van der Waals surface area contributed by atoms with Gasteiger partial charge >= 0.3 is 0 Å². The van der Waals surface area contributed by atoms with Crippen LogP contribution >= 0.6 is 15.9 Å². The monoisotopic (exact) mass is 332 g/mol. The number of rotatable bonds is 5. The van der Waals surface area contributed by atoms with Crippen LogP contribution in [0.5, 0.6) is 0 Å². The third-order valence-electron chi connectivity index (χ3n) is 3.47. The number of aryl methyl sites for hydroxylation is 1. The van der Waals surface area contributed by atoms with Crippen LogP contribution in [0.4, 0.5) is 11.4 Å². The summed E-state index contributed by atoms with van der Waals surface area (Å²) in [6, 6.07) is 14.9. The quantitative estimate of drug-likeness (QED) is 0.878. The third-order valence-corrected chi connectivity index (χ3v) is 3.96. The Labute approximate surface area is 129 Å². The van der Waals surface area contributed by atoms with Gasteiger partial charge in [0.15, 0.2) is 0 Å². The van der Waals surface area contributed by atoms with Crippen molar-refractivity contribution in [1.29, 1.82) is 0 Å². The van der Waals surface area contributed by atoms with E-state index in [0.717, 1.165) is 17.4 Å². The Balaban J connectivity index is 2.49. The second-order valence-corrected chi connectivity index (χ2v) is 5.76. The van der Waals surface area contributed by atoms with Gasteiger partial charge in [-0.15, -0.1) is 0 Å². The summed E-state index contributed by atoms with van der Waals surface area (Å²) in [4.78, 5) is 2.35. The van der Waals surface area contributed by atoms with Crippen molar-refractivity contribution in [2.24, 2.45) is 5.73 Å². The predicted molar refractivity (Wildman–Crippen MR) is 90.8 cm³/mol. The van der Waals surface area contributed by atoms with E-state index >= 15 is 0 Å². The molecule has 0 saturated heterocycles. The number of para-hydroxylation sites is 1. The SMILES string of the molecule is CCN(c1ccccc1C)c1ccc(Br)cc1CCN. The lowest BCUT2D eigenvalue weighted by Crippen LogP contribution is -2.19. The zero-order valence-corrected chi connectivity index (χ0v) is 13.7. The average Bonchev–Trinajstić information content (AvgIpc) is 2.44. The van der Waals surface area contributed by atoms with Gasteiger partial charge in [-0.2, -0.15) is 0 Å². The van der Waals surface area contributed by atoms with E-state index < -0.39 is 0 Å². The molecule has 0 unspecified atom stereocenters. The van der Waals surface area contributed by atoms with E-state index in [-0.39, 0.29) is 0 Å². The molecular formula is C17H21BrN2. The molecule has 2 nitrogen and oxygen atoms in total. The van der Waals surface area contributed by atoms with Crippen molar-refractivity contribution in [3.8, 4) is 0 Å². The summed E-state index contributed by atoms with van der Waals surface area (Å²) < 4.78 is 1.10. The minimum Gasteiger partial charge on any atom is -0.341 e. The fourth-order valence-corrected chi connectivity index (χ4v) is 2.92. The van der Waals surface area contributed by atoms with Gasteiger partial charge in [-0.3, -0.25) is 0 Å². The summed E-state index contributed by atoms with van der Waals surface area (Å²) in [7, 11) is 0. The van der Waals surface area contributed by atoms with Crippen molar-refractivity contribution < 1.29 is 0 Å². The molecule has 106 valence electrons. The van der Waals surface area contributed by atoms with Gasteiger partial charge in [0.25, 0.3) is 0 Å². The van der Waals surface area contributed by atoms with Crippen LogP contribution in [-0.2, 0) is 6.42 Å². The van der Waals surface area contributed by atoms with Crippen molar-refractivity contribution >= 4 is 27.3 Å². The zero-order valence-electron chi connectivity index (χ0n) is 12.1. The zero-order chi connectivity index (χ0) is 14.5. The highest BCUT2D eigenvalue weighted by Gasteiger charge is 2.13. The second-order valence-electron chi connectivity index (χ2n) is 4.84. The summed E-state index contributed by atoms with van der Waals surface area (Å²) in [5, 5.41) is 0. The Morgan fingerprint density at radius 1 is 1.10 bits per heavy atom. The van der Waals surface area contributed by atoms with E-state index in [1.165, 1.54) is 22.5 Å². The van der Waals surface area contributed by atoms with E-state index in [1.807, 2.05) is 0 Å². The van der Waals surface area contributed by atoms with Crippen LogP contribution in [0.2, 0.25) is 0 Å². The number of hydrogen-bond donors (Lipinski definition) is 1. The largest absolute Gasteiger partial charge is 0.341 e. The molecule has 3 heteroatoms. The number of nitrogens with two attached hydrogens (primary N) is 1. The molecule has 0 saturated carbocycles. The summed E-state index contributed by atoms with van der Waals surface area (Å²) in [5.41, 5.74) is 10.8. The van der Waals surface area contributed by atoms with Crippen LogP contribution in [0.3, 0.4) is 0 Å². The molecule has 0 heterocycles. The molecule has 0 aliphatic heterocycles. The standard InChI is InChI=1S/C17H21BrN2/c1-3-20(16-7-5-4-6-13(16)2)17-9-8-15(18)12-14(17)10-11-19/h4-9,12H,3,10-11,19H2,1-2H3. The van der Waals surface area contributed by atoms with Crippen LogP contribution in [0.25, 0.3) is 0 Å². The third kappa shape index (κ3) is 3.22. The number of nitrogens with zero attached hydrogens (tertiary/aromatic N) is 1. The first-order valence-corrected chi connectivity index (χ1v) is 7.78. The van der Waals surface area contributed by atoms with Crippen LogP contribution in [0, 0.1) is 6.92 Å². The lowest BCUT2D eigenvalue weighted by molar-refractivity contribution is 0.939. The van der Waals surface area contributed by atoms with Gasteiger partial charge in [0.1, 0.15) is 0 Å². The molecule has 2 rings (SSSR count). The molecule has 0 aliphatic rings. The number of benzene rings is 2. The molecule has 0 radical (unpaired) electrons. The molecule has 0 spiro atoms. The van der Waals surface area contributed by atoms with Gasteiger partial charge in [0, 0.05) is 22.4 Å². The van der Waals surface area contributed by atoms with Gasteiger partial charge < -0.3 is 10.6 Å². The first-order valence-electron chi connectivity index (χ1n) is 6.99. The summed E-state index contributed by atoms with van der Waals surface area (Å²) in [6.07, 6.45) is 0.886. The van der Waals surface area contributed by atoms with Crippen molar-refractivity contribution in [2.45, 2.75) is 20.3 Å². The molecule has 0 aromatic heterocycles.